The molecular formula is C17H19ClN4O. The number of amides is 1. The van der Waals surface area contributed by atoms with Crippen LogP contribution in [0.3, 0.4) is 0 Å². The number of hydrogen-bond acceptors (Lipinski definition) is 4. The second-order valence-electron chi connectivity index (χ2n) is 5.71. The summed E-state index contributed by atoms with van der Waals surface area (Å²) < 4.78 is 0. The van der Waals surface area contributed by atoms with Crippen molar-refractivity contribution in [3.05, 3.63) is 47.2 Å². The highest BCUT2D eigenvalue weighted by Crippen LogP contribution is 2.20. The number of nitrogens with zero attached hydrogens (tertiary/aromatic N) is 2. The molecule has 6 heteroatoms. The number of anilines is 2. The monoisotopic (exact) mass is 330 g/mol. The highest BCUT2D eigenvalue weighted by Gasteiger charge is 2.15. The quantitative estimate of drug-likeness (QED) is 0.884. The molecule has 5 nitrogen and oxygen atoms in total. The molecule has 1 aromatic heterocycles. The van der Waals surface area contributed by atoms with Gasteiger partial charge in [-0.2, -0.15) is 0 Å². The summed E-state index contributed by atoms with van der Waals surface area (Å²) in [6.07, 6.45) is 7.61. The summed E-state index contributed by atoms with van der Waals surface area (Å²) in [5, 5.41) is 6.69. The Morgan fingerprint density at radius 2 is 2.00 bits per heavy atom. The average molecular weight is 331 g/mol. The Labute approximate surface area is 140 Å². The van der Waals surface area contributed by atoms with Gasteiger partial charge in [0.15, 0.2) is 0 Å². The fraction of sp³-hybridized carbons (Fsp3) is 0.353. The highest BCUT2D eigenvalue weighted by molar-refractivity contribution is 6.30. The van der Waals surface area contributed by atoms with Crippen LogP contribution in [0.4, 0.5) is 11.6 Å². The lowest BCUT2D eigenvalue weighted by Crippen LogP contribution is -2.24. The number of rotatable bonds is 4. The van der Waals surface area contributed by atoms with Crippen LogP contribution in [0.2, 0.25) is 5.02 Å². The van der Waals surface area contributed by atoms with Crippen molar-refractivity contribution < 1.29 is 4.79 Å². The topological polar surface area (TPSA) is 66.9 Å². The van der Waals surface area contributed by atoms with E-state index in [2.05, 4.69) is 20.6 Å². The standard InChI is InChI=1S/C17H19ClN4O/c18-12-5-4-8-14(11-12)20-16(23)15-9-10-19-17(22-15)21-13-6-2-1-3-7-13/h4-5,8-11,13H,1-3,6-7H2,(H,20,23)(H,19,21,22). The van der Waals surface area contributed by atoms with Crippen molar-refractivity contribution in [1.82, 2.24) is 9.97 Å². The molecule has 120 valence electrons. The Morgan fingerprint density at radius 1 is 1.17 bits per heavy atom. The first-order valence-electron chi connectivity index (χ1n) is 7.87. The minimum absolute atomic E-state index is 0.277. The third-order valence-corrected chi connectivity index (χ3v) is 4.14. The third kappa shape index (κ3) is 4.42. The molecule has 1 amide bonds. The molecule has 1 fully saturated rings. The van der Waals surface area contributed by atoms with Gasteiger partial charge in [-0.15, -0.1) is 0 Å². The van der Waals surface area contributed by atoms with Gasteiger partial charge in [-0.05, 0) is 37.1 Å². The molecule has 23 heavy (non-hydrogen) atoms. The zero-order valence-corrected chi connectivity index (χ0v) is 13.5. The van der Waals surface area contributed by atoms with Gasteiger partial charge in [-0.25, -0.2) is 9.97 Å². The van der Waals surface area contributed by atoms with Gasteiger partial charge in [0.1, 0.15) is 5.69 Å². The van der Waals surface area contributed by atoms with Gasteiger partial charge in [-0.3, -0.25) is 4.79 Å². The minimum Gasteiger partial charge on any atom is -0.351 e. The van der Waals surface area contributed by atoms with Gasteiger partial charge in [-0.1, -0.05) is 36.9 Å². The minimum atomic E-state index is -0.277. The summed E-state index contributed by atoms with van der Waals surface area (Å²) in [7, 11) is 0. The number of benzene rings is 1. The van der Waals surface area contributed by atoms with E-state index in [0.717, 1.165) is 12.8 Å². The Bertz CT molecular complexity index is 686. The zero-order valence-electron chi connectivity index (χ0n) is 12.8. The third-order valence-electron chi connectivity index (χ3n) is 3.91. The molecule has 0 spiro atoms. The van der Waals surface area contributed by atoms with Crippen LogP contribution in [0.15, 0.2) is 36.5 Å². The van der Waals surface area contributed by atoms with Crippen LogP contribution >= 0.6 is 11.6 Å². The van der Waals surface area contributed by atoms with E-state index in [-0.39, 0.29) is 5.91 Å². The second kappa shape index (κ2) is 7.42. The van der Waals surface area contributed by atoms with E-state index in [1.54, 1.807) is 36.5 Å². The van der Waals surface area contributed by atoms with Crippen molar-refractivity contribution in [3.63, 3.8) is 0 Å². The van der Waals surface area contributed by atoms with Crippen LogP contribution in [0.25, 0.3) is 0 Å². The van der Waals surface area contributed by atoms with Gasteiger partial charge >= 0.3 is 0 Å². The largest absolute Gasteiger partial charge is 0.351 e. The van der Waals surface area contributed by atoms with E-state index in [4.69, 9.17) is 11.6 Å². The summed E-state index contributed by atoms with van der Waals surface area (Å²) in [6, 6.07) is 9.03. The lowest BCUT2D eigenvalue weighted by Gasteiger charge is -2.22. The number of carbonyl (C=O) groups is 1. The fourth-order valence-electron chi connectivity index (χ4n) is 2.75. The molecule has 0 aliphatic heterocycles. The number of nitrogens with one attached hydrogen (secondary N) is 2. The van der Waals surface area contributed by atoms with Crippen LogP contribution in [-0.4, -0.2) is 21.9 Å². The van der Waals surface area contributed by atoms with Crippen molar-refractivity contribution in [3.8, 4) is 0 Å². The number of carbonyl (C=O) groups excluding carboxylic acids is 1. The van der Waals surface area contributed by atoms with Crippen LogP contribution < -0.4 is 10.6 Å². The first kappa shape index (κ1) is 15.7. The number of aromatic nitrogens is 2. The second-order valence-corrected chi connectivity index (χ2v) is 6.15. The van der Waals surface area contributed by atoms with Crippen molar-refractivity contribution in [2.75, 3.05) is 10.6 Å². The average Bonchev–Trinajstić information content (AvgIpc) is 2.56. The van der Waals surface area contributed by atoms with Crippen LogP contribution in [0.1, 0.15) is 42.6 Å². The van der Waals surface area contributed by atoms with E-state index in [9.17, 15) is 4.79 Å². The smallest absolute Gasteiger partial charge is 0.274 e. The van der Waals surface area contributed by atoms with E-state index in [1.807, 2.05) is 0 Å². The maximum absolute atomic E-state index is 12.3. The fourth-order valence-corrected chi connectivity index (χ4v) is 2.94. The van der Waals surface area contributed by atoms with Crippen LogP contribution in [-0.2, 0) is 0 Å². The zero-order chi connectivity index (χ0) is 16.1. The van der Waals surface area contributed by atoms with Gasteiger partial charge in [0.2, 0.25) is 5.95 Å². The molecule has 0 unspecified atom stereocenters. The maximum atomic E-state index is 12.3. The molecule has 1 aromatic carbocycles. The molecule has 0 atom stereocenters. The molecular weight excluding hydrogens is 312 g/mol. The summed E-state index contributed by atoms with van der Waals surface area (Å²) in [5.74, 6) is 0.233. The van der Waals surface area contributed by atoms with Crippen LogP contribution in [0.5, 0.6) is 0 Å². The van der Waals surface area contributed by atoms with Crippen molar-refractivity contribution >= 4 is 29.1 Å². The van der Waals surface area contributed by atoms with E-state index >= 15 is 0 Å². The predicted molar refractivity (Wildman–Crippen MR) is 91.9 cm³/mol. The normalized spacial score (nSPS) is 15.2. The van der Waals surface area contributed by atoms with Gasteiger partial charge in [0.05, 0.1) is 0 Å². The Balaban J connectivity index is 1.67. The first-order valence-corrected chi connectivity index (χ1v) is 8.25. The van der Waals surface area contributed by atoms with E-state index in [0.29, 0.717) is 28.4 Å². The van der Waals surface area contributed by atoms with Gasteiger partial charge in [0, 0.05) is 22.9 Å². The number of halogens is 1. The van der Waals surface area contributed by atoms with Crippen molar-refractivity contribution in [2.24, 2.45) is 0 Å². The molecule has 2 aromatic rings. The SMILES string of the molecule is O=C(Nc1cccc(Cl)c1)c1ccnc(NC2CCCCC2)n1. The molecule has 2 N–H and O–H groups in total. The van der Waals surface area contributed by atoms with Gasteiger partial charge in [0.25, 0.3) is 5.91 Å². The first-order chi connectivity index (χ1) is 11.2. The Kier molecular flexibility index (Phi) is 5.08. The van der Waals surface area contributed by atoms with Crippen molar-refractivity contribution in [2.45, 2.75) is 38.1 Å². The molecule has 1 heterocycles. The van der Waals surface area contributed by atoms with E-state index in [1.165, 1.54) is 19.3 Å². The maximum Gasteiger partial charge on any atom is 0.274 e. The van der Waals surface area contributed by atoms with Gasteiger partial charge < -0.3 is 10.6 Å². The molecule has 1 saturated carbocycles. The predicted octanol–water partition coefficient (Wildman–Crippen LogP) is 4.13. The lowest BCUT2D eigenvalue weighted by atomic mass is 9.96. The summed E-state index contributed by atoms with van der Waals surface area (Å²) in [4.78, 5) is 20.8. The summed E-state index contributed by atoms with van der Waals surface area (Å²) in [5.41, 5.74) is 0.973. The Morgan fingerprint density at radius 3 is 2.78 bits per heavy atom. The summed E-state index contributed by atoms with van der Waals surface area (Å²) >= 11 is 5.92. The van der Waals surface area contributed by atoms with Crippen molar-refractivity contribution in [1.29, 1.82) is 0 Å². The molecule has 1 aliphatic rings. The molecule has 0 bridgehead atoms. The summed E-state index contributed by atoms with van der Waals surface area (Å²) in [6.45, 7) is 0. The molecule has 0 saturated heterocycles. The molecule has 0 radical (unpaired) electrons. The number of hydrogen-bond donors (Lipinski definition) is 2. The van der Waals surface area contributed by atoms with E-state index < -0.39 is 0 Å². The highest BCUT2D eigenvalue weighted by atomic mass is 35.5. The van der Waals surface area contributed by atoms with Crippen LogP contribution in [0, 0.1) is 0 Å². The Hall–Kier alpha value is -2.14. The lowest BCUT2D eigenvalue weighted by molar-refractivity contribution is 0.102. The molecule has 3 rings (SSSR count). The molecule has 1 aliphatic carbocycles.